The van der Waals surface area contributed by atoms with Gasteiger partial charge in [-0.15, -0.1) is 34.9 Å². The number of aliphatic hydroxyl groups is 2. The molecule has 0 spiro atoms. The van der Waals surface area contributed by atoms with Crippen molar-refractivity contribution in [1.29, 1.82) is 0 Å². The van der Waals surface area contributed by atoms with Crippen molar-refractivity contribution in [2.45, 2.75) is 86.4 Å². The number of aliphatic hydroxyl groups excluding tert-OH is 2. The third-order valence-electron chi connectivity index (χ3n) is 8.31. The third-order valence-corrected chi connectivity index (χ3v) is 8.31. The second-order valence-corrected chi connectivity index (χ2v) is 12.7. The van der Waals surface area contributed by atoms with E-state index < -0.39 is 0 Å². The molecule has 3 aromatic rings. The summed E-state index contributed by atoms with van der Waals surface area (Å²) in [5.41, 5.74) is 5.85. The fourth-order valence-corrected chi connectivity index (χ4v) is 6.45. The molecule has 2 fully saturated rings. The van der Waals surface area contributed by atoms with Crippen LogP contribution in [-0.4, -0.2) is 27.4 Å². The summed E-state index contributed by atoms with van der Waals surface area (Å²) < 4.78 is 0. The summed E-state index contributed by atoms with van der Waals surface area (Å²) in [5, 5.41) is 22.8. The smallest absolute Gasteiger partial charge is 0.0646 e. The number of benzene rings is 2. The molecule has 5 rings (SSSR count). The molecule has 4 heteroatoms. The molecule has 0 amide bonds. The van der Waals surface area contributed by atoms with Gasteiger partial charge in [-0.3, -0.25) is 0 Å². The van der Waals surface area contributed by atoms with Crippen LogP contribution in [0.5, 0.6) is 0 Å². The minimum atomic E-state index is -0.329. The first kappa shape index (κ1) is 29.0. The maximum absolute atomic E-state index is 10.2. The molecule has 0 saturated heterocycles. The fraction of sp³-hybridized carbons (Fsp3) is 0.531. The van der Waals surface area contributed by atoms with Crippen LogP contribution in [-0.2, 0) is 20.1 Å². The van der Waals surface area contributed by atoms with E-state index in [4.69, 9.17) is 0 Å². The summed E-state index contributed by atoms with van der Waals surface area (Å²) in [7, 11) is 0. The van der Waals surface area contributed by atoms with Crippen LogP contribution in [0.1, 0.15) is 77.0 Å². The summed E-state index contributed by atoms with van der Waals surface area (Å²) in [6, 6.07) is 16.5. The first-order valence-corrected chi connectivity index (χ1v) is 13.1. The van der Waals surface area contributed by atoms with Crippen LogP contribution in [0.3, 0.4) is 0 Å². The van der Waals surface area contributed by atoms with Gasteiger partial charge < -0.3 is 15.2 Å². The zero-order valence-corrected chi connectivity index (χ0v) is 25.4. The third kappa shape index (κ3) is 5.63. The molecule has 0 aliphatic heterocycles. The molecule has 0 bridgehead atoms. The monoisotopic (exact) mass is 665 g/mol. The minimum Gasteiger partial charge on any atom is -0.392 e. The van der Waals surface area contributed by atoms with E-state index in [9.17, 15) is 10.2 Å². The molecule has 2 atom stereocenters. The summed E-state index contributed by atoms with van der Waals surface area (Å²) in [6.07, 6.45) is 3.34. The summed E-state index contributed by atoms with van der Waals surface area (Å²) in [4.78, 5) is 4.63. The van der Waals surface area contributed by atoms with Crippen LogP contribution in [0.25, 0.3) is 22.0 Å². The van der Waals surface area contributed by atoms with Crippen molar-refractivity contribution in [2.24, 2.45) is 22.7 Å². The van der Waals surface area contributed by atoms with E-state index in [0.717, 1.165) is 29.7 Å². The van der Waals surface area contributed by atoms with Gasteiger partial charge in [0.2, 0.25) is 0 Å². The number of fused-ring (bicyclic) bond motifs is 2. The van der Waals surface area contributed by atoms with E-state index in [1.165, 1.54) is 21.9 Å². The van der Waals surface area contributed by atoms with E-state index in [1.807, 2.05) is 6.20 Å². The molecular formula is C32H42IrNO2-. The van der Waals surface area contributed by atoms with Gasteiger partial charge in [-0.2, -0.15) is 0 Å². The SMILES string of the molecule is CC1(C)CC2CC(C)(C)C(O)C2C1O.Cc1[c-]c(-c2nccc3ccc(C(C)C)cc23)cc(C)c1.[Ir]. The number of hydrogen-bond donors (Lipinski definition) is 2. The molecule has 2 aliphatic carbocycles. The van der Waals surface area contributed by atoms with Crippen molar-refractivity contribution in [3.63, 3.8) is 0 Å². The van der Waals surface area contributed by atoms with Gasteiger partial charge in [-0.1, -0.05) is 73.6 Å². The molecule has 1 aromatic heterocycles. The van der Waals surface area contributed by atoms with E-state index in [2.05, 4.69) is 103 Å². The van der Waals surface area contributed by atoms with E-state index in [0.29, 0.717) is 11.8 Å². The van der Waals surface area contributed by atoms with Gasteiger partial charge in [0.25, 0.3) is 0 Å². The van der Waals surface area contributed by atoms with Crippen molar-refractivity contribution in [3.8, 4) is 11.3 Å². The topological polar surface area (TPSA) is 53.4 Å². The Morgan fingerprint density at radius 3 is 2.06 bits per heavy atom. The second-order valence-electron chi connectivity index (χ2n) is 12.7. The van der Waals surface area contributed by atoms with Crippen molar-refractivity contribution < 1.29 is 30.3 Å². The van der Waals surface area contributed by atoms with Gasteiger partial charge in [0.05, 0.1) is 12.2 Å². The molecule has 1 radical (unpaired) electrons. The van der Waals surface area contributed by atoms with Crippen LogP contribution in [0, 0.1) is 42.6 Å². The Balaban J connectivity index is 0.000000210. The van der Waals surface area contributed by atoms with E-state index >= 15 is 0 Å². The maximum Gasteiger partial charge on any atom is 0.0646 e. The maximum atomic E-state index is 10.2. The number of pyridine rings is 1. The van der Waals surface area contributed by atoms with Crippen LogP contribution < -0.4 is 0 Å². The Bertz CT molecular complexity index is 1170. The fourth-order valence-electron chi connectivity index (χ4n) is 6.45. The molecule has 2 aromatic carbocycles. The molecule has 2 saturated carbocycles. The van der Waals surface area contributed by atoms with Crippen molar-refractivity contribution in [2.75, 3.05) is 0 Å². The Morgan fingerprint density at radius 1 is 0.917 bits per heavy atom. The van der Waals surface area contributed by atoms with Crippen LogP contribution in [0.15, 0.2) is 42.6 Å². The van der Waals surface area contributed by atoms with Crippen LogP contribution in [0.4, 0.5) is 0 Å². The number of rotatable bonds is 2. The molecule has 2 aliphatic rings. The first-order valence-electron chi connectivity index (χ1n) is 13.1. The molecule has 1 heterocycles. The van der Waals surface area contributed by atoms with E-state index in [1.54, 1.807) is 0 Å². The predicted octanol–water partition coefficient (Wildman–Crippen LogP) is 7.24. The van der Waals surface area contributed by atoms with E-state index in [-0.39, 0.29) is 49.1 Å². The number of aromatic nitrogens is 1. The summed E-state index contributed by atoms with van der Waals surface area (Å²) >= 11 is 0. The largest absolute Gasteiger partial charge is 0.392 e. The average Bonchev–Trinajstić information content (AvgIpc) is 3.12. The quantitative estimate of drug-likeness (QED) is 0.284. The predicted molar refractivity (Wildman–Crippen MR) is 145 cm³/mol. The average molecular weight is 665 g/mol. The van der Waals surface area contributed by atoms with Gasteiger partial charge in [0.1, 0.15) is 0 Å². The zero-order valence-electron chi connectivity index (χ0n) is 23.0. The second kappa shape index (κ2) is 10.7. The Morgan fingerprint density at radius 2 is 1.53 bits per heavy atom. The normalized spacial score (nSPS) is 25.8. The van der Waals surface area contributed by atoms with Crippen molar-refractivity contribution in [3.05, 3.63) is 65.4 Å². The minimum absolute atomic E-state index is 0. The molecule has 3 nitrogen and oxygen atoms in total. The number of aryl methyl sites for hydroxylation is 2. The molecule has 2 N–H and O–H groups in total. The van der Waals surface area contributed by atoms with Gasteiger partial charge in [-0.05, 0) is 63.6 Å². The number of nitrogens with zero attached hydrogens (tertiary/aromatic N) is 1. The molecule has 2 unspecified atom stereocenters. The van der Waals surface area contributed by atoms with Crippen molar-refractivity contribution >= 4 is 10.8 Å². The first-order chi connectivity index (χ1) is 16.3. The summed E-state index contributed by atoms with van der Waals surface area (Å²) in [5.74, 6) is 1.15. The van der Waals surface area contributed by atoms with Crippen LogP contribution >= 0.6 is 0 Å². The molecular weight excluding hydrogens is 623 g/mol. The van der Waals surface area contributed by atoms with Gasteiger partial charge in [0, 0.05) is 32.2 Å². The molecule has 197 valence electrons. The molecule has 36 heavy (non-hydrogen) atoms. The van der Waals surface area contributed by atoms with Gasteiger partial charge in [0.15, 0.2) is 0 Å². The zero-order chi connectivity index (χ0) is 25.7. The Kier molecular flexibility index (Phi) is 8.58. The van der Waals surface area contributed by atoms with Crippen molar-refractivity contribution in [1.82, 2.24) is 4.98 Å². The van der Waals surface area contributed by atoms with Crippen LogP contribution in [0.2, 0.25) is 0 Å². The Hall–Kier alpha value is -1.58. The van der Waals surface area contributed by atoms with Gasteiger partial charge in [-0.25, -0.2) is 0 Å². The standard InChI is InChI=1S/C20H20N.C12H22O2.Ir/c1-13(2)17-6-5-16-7-8-21-20(19(16)12-17)18-10-14(3)9-15(4)11-18;1-11(2)5-7-6-12(3,4)10(14)8(7)9(11)13;/h5-10,12-13H,1-4H3;7-10,13-14H,5-6H2,1-4H3;/q-1;;. The Labute approximate surface area is 231 Å². The van der Waals surface area contributed by atoms with Gasteiger partial charge >= 0.3 is 0 Å². The number of hydrogen-bond acceptors (Lipinski definition) is 3. The summed E-state index contributed by atoms with van der Waals surface area (Å²) in [6.45, 7) is 17.1.